The van der Waals surface area contributed by atoms with Gasteiger partial charge in [0.05, 0.1) is 0 Å². The number of rotatable bonds is 7. The quantitative estimate of drug-likeness (QED) is 0.413. The maximum atomic E-state index is 2.52. The Hall–Kier alpha value is 0. The second-order valence-corrected chi connectivity index (χ2v) is 9.91. The Morgan fingerprint density at radius 1 is 0.913 bits per heavy atom. The van der Waals surface area contributed by atoms with Crippen LogP contribution in [0, 0.1) is 23.2 Å². The maximum absolute atomic E-state index is 2.52. The van der Waals surface area contributed by atoms with E-state index in [-0.39, 0.29) is 0 Å². The van der Waals surface area contributed by atoms with E-state index in [0.717, 1.165) is 17.8 Å². The molecule has 1 rings (SSSR count). The van der Waals surface area contributed by atoms with Crippen molar-refractivity contribution in [3.63, 3.8) is 0 Å². The minimum Gasteiger partial charge on any atom is -0.0654 e. The van der Waals surface area contributed by atoms with Crippen molar-refractivity contribution in [2.75, 3.05) is 0 Å². The van der Waals surface area contributed by atoms with Gasteiger partial charge < -0.3 is 0 Å². The second-order valence-electron chi connectivity index (χ2n) is 9.91. The monoisotopic (exact) mass is 322 g/mol. The molecule has 0 heterocycles. The van der Waals surface area contributed by atoms with E-state index in [1.165, 1.54) is 89.9 Å². The molecule has 0 aromatic carbocycles. The summed E-state index contributed by atoms with van der Waals surface area (Å²) in [5, 5.41) is 0. The van der Waals surface area contributed by atoms with Crippen LogP contribution in [0.5, 0.6) is 0 Å². The Kier molecular flexibility index (Phi) is 10.6. The molecule has 0 spiro atoms. The largest absolute Gasteiger partial charge is 0.0654 e. The Morgan fingerprint density at radius 2 is 1.57 bits per heavy atom. The highest BCUT2D eigenvalue weighted by molar-refractivity contribution is 4.75. The maximum Gasteiger partial charge on any atom is -0.0380 e. The molecule has 0 radical (unpaired) electrons. The third-order valence-electron chi connectivity index (χ3n) is 5.83. The minimum atomic E-state index is 0.498. The Balaban J connectivity index is 2.56. The molecule has 3 atom stereocenters. The summed E-state index contributed by atoms with van der Waals surface area (Å²) >= 11 is 0. The highest BCUT2D eigenvalue weighted by Gasteiger charge is 2.23. The lowest BCUT2D eigenvalue weighted by Gasteiger charge is -2.31. The van der Waals surface area contributed by atoms with Crippen LogP contribution in [0.1, 0.15) is 125 Å². The third-order valence-corrected chi connectivity index (χ3v) is 5.83. The second kappa shape index (κ2) is 11.5. The third kappa shape index (κ3) is 11.2. The number of hydrogen-bond donors (Lipinski definition) is 0. The molecular weight excluding hydrogens is 276 g/mol. The van der Waals surface area contributed by atoms with E-state index in [1.807, 2.05) is 0 Å². The lowest BCUT2D eigenvalue weighted by molar-refractivity contribution is 0.210. The number of unbranched alkanes of at least 4 members (excludes halogenated alkanes) is 2. The normalized spacial score (nSPS) is 26.0. The molecule has 23 heavy (non-hydrogen) atoms. The van der Waals surface area contributed by atoms with Crippen LogP contribution in [-0.2, 0) is 0 Å². The molecule has 3 unspecified atom stereocenters. The van der Waals surface area contributed by atoms with Crippen molar-refractivity contribution < 1.29 is 0 Å². The van der Waals surface area contributed by atoms with Crippen LogP contribution in [0.25, 0.3) is 0 Å². The summed E-state index contributed by atoms with van der Waals surface area (Å²) in [6.07, 6.45) is 20.6. The molecule has 0 heteroatoms. The van der Waals surface area contributed by atoms with Crippen molar-refractivity contribution in [1.82, 2.24) is 0 Å². The van der Waals surface area contributed by atoms with Crippen LogP contribution in [0.4, 0.5) is 0 Å². The van der Waals surface area contributed by atoms with Crippen LogP contribution < -0.4 is 0 Å². The van der Waals surface area contributed by atoms with Crippen LogP contribution in [0.15, 0.2) is 0 Å². The van der Waals surface area contributed by atoms with Crippen molar-refractivity contribution in [3.8, 4) is 0 Å². The molecule has 1 aliphatic rings. The van der Waals surface area contributed by atoms with Gasteiger partial charge >= 0.3 is 0 Å². The zero-order chi connectivity index (χ0) is 17.1. The Morgan fingerprint density at radius 3 is 2.22 bits per heavy atom. The zero-order valence-corrected chi connectivity index (χ0v) is 17.1. The van der Waals surface area contributed by atoms with Crippen LogP contribution >= 0.6 is 0 Å². The SMILES string of the molecule is CCCCCC(CC1CCCCCCCC(C)C1)CC(C)(C)C. The van der Waals surface area contributed by atoms with Gasteiger partial charge in [-0.25, -0.2) is 0 Å². The van der Waals surface area contributed by atoms with Gasteiger partial charge in [-0.05, 0) is 42.4 Å². The van der Waals surface area contributed by atoms with Gasteiger partial charge in [-0.3, -0.25) is 0 Å². The van der Waals surface area contributed by atoms with Gasteiger partial charge in [0.2, 0.25) is 0 Å². The van der Waals surface area contributed by atoms with Gasteiger partial charge in [0.25, 0.3) is 0 Å². The summed E-state index contributed by atoms with van der Waals surface area (Å²) in [5.41, 5.74) is 0.498. The predicted molar refractivity (Wildman–Crippen MR) is 106 cm³/mol. The van der Waals surface area contributed by atoms with E-state index in [0.29, 0.717) is 5.41 Å². The molecule has 0 N–H and O–H groups in total. The minimum absolute atomic E-state index is 0.498. The Bertz CT molecular complexity index is 272. The van der Waals surface area contributed by atoms with Gasteiger partial charge in [0.1, 0.15) is 0 Å². The molecule has 1 fully saturated rings. The first kappa shape index (κ1) is 21.0. The molecule has 138 valence electrons. The number of hydrogen-bond acceptors (Lipinski definition) is 0. The molecule has 0 saturated heterocycles. The van der Waals surface area contributed by atoms with Crippen molar-refractivity contribution >= 4 is 0 Å². The average molecular weight is 323 g/mol. The van der Waals surface area contributed by atoms with E-state index < -0.39 is 0 Å². The Labute approximate surface area is 148 Å². The highest BCUT2D eigenvalue weighted by atomic mass is 14.3. The topological polar surface area (TPSA) is 0 Å². The van der Waals surface area contributed by atoms with E-state index in [1.54, 1.807) is 0 Å². The summed E-state index contributed by atoms with van der Waals surface area (Å²) in [5.74, 6) is 2.95. The summed E-state index contributed by atoms with van der Waals surface area (Å²) in [4.78, 5) is 0. The lowest BCUT2D eigenvalue weighted by atomic mass is 9.75. The van der Waals surface area contributed by atoms with Crippen LogP contribution in [0.2, 0.25) is 0 Å². The fraction of sp³-hybridized carbons (Fsp3) is 1.00. The van der Waals surface area contributed by atoms with Gasteiger partial charge in [0, 0.05) is 0 Å². The average Bonchev–Trinajstić information content (AvgIpc) is 2.44. The van der Waals surface area contributed by atoms with Gasteiger partial charge in [-0.1, -0.05) is 105 Å². The van der Waals surface area contributed by atoms with Crippen LogP contribution in [0.3, 0.4) is 0 Å². The fourth-order valence-electron chi connectivity index (χ4n) is 4.80. The predicted octanol–water partition coefficient (Wildman–Crippen LogP) is 8.40. The van der Waals surface area contributed by atoms with E-state index in [9.17, 15) is 0 Å². The van der Waals surface area contributed by atoms with Crippen molar-refractivity contribution in [1.29, 1.82) is 0 Å². The smallest absolute Gasteiger partial charge is 0.0380 e. The highest BCUT2D eigenvalue weighted by Crippen LogP contribution is 2.36. The first-order chi connectivity index (χ1) is 10.9. The van der Waals surface area contributed by atoms with E-state index in [2.05, 4.69) is 34.6 Å². The molecule has 1 saturated carbocycles. The summed E-state index contributed by atoms with van der Waals surface area (Å²) in [7, 11) is 0. The molecular formula is C23H46. The first-order valence-corrected chi connectivity index (χ1v) is 10.9. The fourth-order valence-corrected chi connectivity index (χ4v) is 4.80. The van der Waals surface area contributed by atoms with Crippen LogP contribution in [-0.4, -0.2) is 0 Å². The van der Waals surface area contributed by atoms with E-state index in [4.69, 9.17) is 0 Å². The van der Waals surface area contributed by atoms with Crippen molar-refractivity contribution in [3.05, 3.63) is 0 Å². The van der Waals surface area contributed by atoms with Crippen molar-refractivity contribution in [2.24, 2.45) is 23.2 Å². The molecule has 0 nitrogen and oxygen atoms in total. The summed E-state index contributed by atoms with van der Waals surface area (Å²) in [6.45, 7) is 12.2. The van der Waals surface area contributed by atoms with Crippen molar-refractivity contribution in [2.45, 2.75) is 125 Å². The molecule has 0 aliphatic heterocycles. The molecule has 0 bridgehead atoms. The first-order valence-electron chi connectivity index (χ1n) is 10.9. The lowest BCUT2D eigenvalue weighted by Crippen LogP contribution is -2.18. The van der Waals surface area contributed by atoms with E-state index >= 15 is 0 Å². The van der Waals surface area contributed by atoms with Gasteiger partial charge in [0.15, 0.2) is 0 Å². The van der Waals surface area contributed by atoms with Gasteiger partial charge in [-0.15, -0.1) is 0 Å². The zero-order valence-electron chi connectivity index (χ0n) is 17.1. The molecule has 0 amide bonds. The summed E-state index contributed by atoms with van der Waals surface area (Å²) < 4.78 is 0. The van der Waals surface area contributed by atoms with Gasteiger partial charge in [-0.2, -0.15) is 0 Å². The molecule has 1 aliphatic carbocycles. The molecule has 0 aromatic rings. The summed E-state index contributed by atoms with van der Waals surface area (Å²) in [6, 6.07) is 0. The molecule has 0 aromatic heterocycles. The standard InChI is InChI=1S/C23H46/c1-6-7-11-16-22(19-23(3,4)5)18-21-15-13-10-8-9-12-14-20(2)17-21/h20-22H,6-19H2,1-5H3.